The fourth-order valence-corrected chi connectivity index (χ4v) is 3.35. The molecule has 27 heavy (non-hydrogen) atoms. The van der Waals surface area contributed by atoms with Gasteiger partial charge < -0.3 is 24.9 Å². The summed E-state index contributed by atoms with van der Waals surface area (Å²) in [5.41, 5.74) is 8.78. The first kappa shape index (κ1) is 15.8. The number of furan rings is 1. The molecule has 4 heterocycles. The molecule has 8 nitrogen and oxygen atoms in total. The number of morpholine rings is 1. The van der Waals surface area contributed by atoms with Gasteiger partial charge in [-0.25, -0.2) is 15.0 Å². The summed E-state index contributed by atoms with van der Waals surface area (Å²) in [5, 5.41) is 10.7. The van der Waals surface area contributed by atoms with Crippen LogP contribution in [0, 0.1) is 0 Å². The van der Waals surface area contributed by atoms with Crippen LogP contribution in [0.4, 0.5) is 11.5 Å². The van der Waals surface area contributed by atoms with Crippen molar-refractivity contribution in [2.24, 2.45) is 0 Å². The highest BCUT2D eigenvalue weighted by atomic mass is 16.5. The summed E-state index contributed by atoms with van der Waals surface area (Å²) >= 11 is 0. The summed E-state index contributed by atoms with van der Waals surface area (Å²) < 4.78 is 11.4. The van der Waals surface area contributed by atoms with E-state index in [1.807, 2.05) is 12.1 Å². The molecular formula is C19H17N5O3. The summed E-state index contributed by atoms with van der Waals surface area (Å²) in [6.45, 7) is 2.66. The van der Waals surface area contributed by atoms with Crippen molar-refractivity contribution >= 4 is 33.7 Å². The molecule has 0 amide bonds. The number of aromatic nitrogens is 3. The first-order valence-corrected chi connectivity index (χ1v) is 8.67. The van der Waals surface area contributed by atoms with Crippen LogP contribution in [0.2, 0.25) is 0 Å². The van der Waals surface area contributed by atoms with E-state index in [-0.39, 0.29) is 5.75 Å². The zero-order valence-electron chi connectivity index (χ0n) is 14.4. The molecule has 3 N–H and O–H groups in total. The van der Waals surface area contributed by atoms with Gasteiger partial charge in [-0.2, -0.15) is 0 Å². The normalized spacial score (nSPS) is 14.9. The van der Waals surface area contributed by atoms with Gasteiger partial charge in [-0.3, -0.25) is 0 Å². The van der Waals surface area contributed by atoms with Crippen molar-refractivity contribution in [3.05, 3.63) is 36.5 Å². The maximum Gasteiger partial charge on any atom is 0.229 e. The Morgan fingerprint density at radius 3 is 2.78 bits per heavy atom. The van der Waals surface area contributed by atoms with E-state index in [4.69, 9.17) is 24.9 Å². The van der Waals surface area contributed by atoms with E-state index < -0.39 is 0 Å². The van der Waals surface area contributed by atoms with Crippen molar-refractivity contribution in [3.8, 4) is 17.1 Å². The lowest BCUT2D eigenvalue weighted by Crippen LogP contribution is -2.37. The van der Waals surface area contributed by atoms with Crippen LogP contribution in [-0.2, 0) is 4.74 Å². The van der Waals surface area contributed by atoms with Crippen LogP contribution in [0.5, 0.6) is 5.75 Å². The largest absolute Gasteiger partial charge is 0.508 e. The number of hydrogen-bond acceptors (Lipinski definition) is 8. The van der Waals surface area contributed by atoms with Crippen molar-refractivity contribution in [1.29, 1.82) is 0 Å². The summed E-state index contributed by atoms with van der Waals surface area (Å²) in [7, 11) is 0. The molecule has 8 heteroatoms. The van der Waals surface area contributed by atoms with Crippen molar-refractivity contribution in [2.45, 2.75) is 0 Å². The van der Waals surface area contributed by atoms with Gasteiger partial charge in [-0.05, 0) is 24.3 Å². The molecule has 0 unspecified atom stereocenters. The topological polar surface area (TPSA) is 111 Å². The van der Waals surface area contributed by atoms with Gasteiger partial charge >= 0.3 is 0 Å². The first-order valence-electron chi connectivity index (χ1n) is 8.67. The highest BCUT2D eigenvalue weighted by Crippen LogP contribution is 2.35. The number of aromatic hydroxyl groups is 1. The second-order valence-electron chi connectivity index (χ2n) is 6.42. The predicted molar refractivity (Wildman–Crippen MR) is 102 cm³/mol. The predicted octanol–water partition coefficient (Wildman–Crippen LogP) is 2.56. The van der Waals surface area contributed by atoms with E-state index in [0.29, 0.717) is 66.0 Å². The van der Waals surface area contributed by atoms with Crippen LogP contribution in [0.25, 0.3) is 33.6 Å². The molecule has 4 aromatic rings. The van der Waals surface area contributed by atoms with E-state index in [9.17, 15) is 5.11 Å². The molecule has 1 aliphatic heterocycles. The summed E-state index contributed by atoms with van der Waals surface area (Å²) in [6, 6.07) is 8.60. The Morgan fingerprint density at radius 2 is 1.96 bits per heavy atom. The third kappa shape index (κ3) is 2.70. The molecule has 5 rings (SSSR count). The standard InChI is InChI=1S/C19H17N5O3/c20-12-8-11(9-13(25)10-12)17-22-15-14-2-1-3-21-19(14)27-16(15)18(23-17)24-4-6-26-7-5-24/h1-3,8-10,25H,4-7,20H2. The second-order valence-corrected chi connectivity index (χ2v) is 6.42. The molecule has 0 bridgehead atoms. The van der Waals surface area contributed by atoms with Crippen LogP contribution < -0.4 is 10.6 Å². The van der Waals surface area contributed by atoms with Crippen LogP contribution >= 0.6 is 0 Å². The van der Waals surface area contributed by atoms with Gasteiger partial charge in [0.1, 0.15) is 11.3 Å². The number of benzene rings is 1. The zero-order chi connectivity index (χ0) is 18.4. The SMILES string of the molecule is Nc1cc(O)cc(-c2nc(N3CCOCC3)c3oc4ncccc4c3n2)c1. The zero-order valence-corrected chi connectivity index (χ0v) is 14.4. The van der Waals surface area contributed by atoms with E-state index in [1.54, 1.807) is 18.3 Å². The number of fused-ring (bicyclic) bond motifs is 3. The number of phenolic OH excluding ortho intramolecular Hbond substituents is 1. The molecule has 0 aliphatic carbocycles. The van der Waals surface area contributed by atoms with Gasteiger partial charge in [0.25, 0.3) is 0 Å². The molecule has 0 radical (unpaired) electrons. The van der Waals surface area contributed by atoms with Crippen LogP contribution in [-0.4, -0.2) is 46.4 Å². The van der Waals surface area contributed by atoms with Crippen LogP contribution in [0.3, 0.4) is 0 Å². The highest BCUT2D eigenvalue weighted by molar-refractivity contribution is 6.05. The molecular weight excluding hydrogens is 346 g/mol. The second kappa shape index (κ2) is 6.10. The molecule has 0 atom stereocenters. The minimum Gasteiger partial charge on any atom is -0.508 e. The summed E-state index contributed by atoms with van der Waals surface area (Å²) in [5.74, 6) is 1.23. The lowest BCUT2D eigenvalue weighted by Gasteiger charge is -2.27. The number of nitrogens with zero attached hydrogens (tertiary/aromatic N) is 4. The van der Waals surface area contributed by atoms with Gasteiger partial charge in [-0.15, -0.1) is 0 Å². The number of hydrogen-bond donors (Lipinski definition) is 2. The number of nitrogens with two attached hydrogens (primary N) is 1. The Balaban J connectivity index is 1.79. The smallest absolute Gasteiger partial charge is 0.229 e. The lowest BCUT2D eigenvalue weighted by molar-refractivity contribution is 0.122. The average molecular weight is 363 g/mol. The Labute approximate surface area is 154 Å². The van der Waals surface area contributed by atoms with E-state index in [2.05, 4.69) is 9.88 Å². The number of phenols is 1. The van der Waals surface area contributed by atoms with Crippen LogP contribution in [0.1, 0.15) is 0 Å². The van der Waals surface area contributed by atoms with Gasteiger partial charge in [0.15, 0.2) is 17.2 Å². The minimum atomic E-state index is 0.0698. The third-order valence-electron chi connectivity index (χ3n) is 4.58. The molecule has 3 aromatic heterocycles. The Bertz CT molecular complexity index is 1130. The van der Waals surface area contributed by atoms with Gasteiger partial charge in [-0.1, -0.05) is 0 Å². The van der Waals surface area contributed by atoms with E-state index in [1.165, 1.54) is 6.07 Å². The number of nitrogen functional groups attached to an aromatic ring is 1. The first-order chi connectivity index (χ1) is 13.2. The van der Waals surface area contributed by atoms with Gasteiger partial charge in [0, 0.05) is 36.6 Å². The van der Waals surface area contributed by atoms with Crippen molar-refractivity contribution < 1.29 is 14.3 Å². The number of ether oxygens (including phenoxy) is 1. The molecule has 0 saturated carbocycles. The molecule has 1 aliphatic rings. The fourth-order valence-electron chi connectivity index (χ4n) is 3.35. The Morgan fingerprint density at radius 1 is 1.11 bits per heavy atom. The maximum atomic E-state index is 9.93. The molecule has 136 valence electrons. The summed E-state index contributed by atoms with van der Waals surface area (Å²) in [4.78, 5) is 15.9. The Hall–Kier alpha value is -3.39. The van der Waals surface area contributed by atoms with Crippen molar-refractivity contribution in [3.63, 3.8) is 0 Å². The Kier molecular flexibility index (Phi) is 3.58. The number of rotatable bonds is 2. The molecule has 0 spiro atoms. The molecule has 1 aromatic carbocycles. The van der Waals surface area contributed by atoms with Gasteiger partial charge in [0.2, 0.25) is 5.71 Å². The van der Waals surface area contributed by atoms with Crippen molar-refractivity contribution in [2.75, 3.05) is 36.9 Å². The van der Waals surface area contributed by atoms with E-state index >= 15 is 0 Å². The monoisotopic (exact) mass is 363 g/mol. The maximum absolute atomic E-state index is 9.93. The summed E-state index contributed by atoms with van der Waals surface area (Å²) in [6.07, 6.45) is 1.68. The molecule has 1 saturated heterocycles. The quantitative estimate of drug-likeness (QED) is 0.523. The van der Waals surface area contributed by atoms with Crippen LogP contribution in [0.15, 0.2) is 40.9 Å². The fraction of sp³-hybridized carbons (Fsp3) is 0.211. The molecule has 1 fully saturated rings. The number of pyridine rings is 1. The lowest BCUT2D eigenvalue weighted by atomic mass is 10.1. The van der Waals surface area contributed by atoms with Gasteiger partial charge in [0.05, 0.1) is 18.6 Å². The average Bonchev–Trinajstić information content (AvgIpc) is 3.06. The third-order valence-corrected chi connectivity index (χ3v) is 4.58. The minimum absolute atomic E-state index is 0.0698. The van der Waals surface area contributed by atoms with E-state index in [0.717, 1.165) is 5.39 Å². The number of anilines is 2. The highest BCUT2D eigenvalue weighted by Gasteiger charge is 2.23. The van der Waals surface area contributed by atoms with Crippen molar-refractivity contribution in [1.82, 2.24) is 15.0 Å².